The third-order valence-electron chi connectivity index (χ3n) is 3.80. The van der Waals surface area contributed by atoms with E-state index in [1.54, 1.807) is 11.3 Å². The van der Waals surface area contributed by atoms with Crippen LogP contribution >= 0.6 is 23.7 Å². The minimum atomic E-state index is -0.0147. The van der Waals surface area contributed by atoms with Gasteiger partial charge in [0.25, 0.3) is 0 Å². The molecule has 3 nitrogen and oxygen atoms in total. The van der Waals surface area contributed by atoms with E-state index in [1.807, 2.05) is 13.8 Å². The van der Waals surface area contributed by atoms with Crippen LogP contribution in [-0.2, 0) is 4.79 Å². The topological polar surface area (TPSA) is 32.3 Å². The van der Waals surface area contributed by atoms with Crippen LogP contribution in [0.3, 0.4) is 0 Å². The summed E-state index contributed by atoms with van der Waals surface area (Å²) in [5.41, 5.74) is 3.27. The molecule has 5 heteroatoms. The molecule has 1 aromatic heterocycles. The lowest BCUT2D eigenvalue weighted by atomic mass is 10.0. The molecule has 21 heavy (non-hydrogen) atoms. The van der Waals surface area contributed by atoms with Crippen molar-refractivity contribution in [3.8, 4) is 0 Å². The van der Waals surface area contributed by atoms with E-state index in [4.69, 9.17) is 0 Å². The number of rotatable bonds is 4. The van der Waals surface area contributed by atoms with Crippen molar-refractivity contribution in [3.05, 3.63) is 28.0 Å². The highest BCUT2D eigenvalue weighted by molar-refractivity contribution is 7.10. The van der Waals surface area contributed by atoms with Crippen LogP contribution in [0.2, 0.25) is 0 Å². The molecule has 1 atom stereocenters. The van der Waals surface area contributed by atoms with Gasteiger partial charge in [-0.2, -0.15) is 0 Å². The minimum absolute atomic E-state index is 0. The zero-order valence-corrected chi connectivity index (χ0v) is 14.7. The van der Waals surface area contributed by atoms with E-state index in [2.05, 4.69) is 29.1 Å². The maximum atomic E-state index is 12.6. The highest BCUT2D eigenvalue weighted by atomic mass is 35.5. The normalized spacial score (nSPS) is 18.9. The molecular formula is C16H25ClN2OS. The summed E-state index contributed by atoms with van der Waals surface area (Å²) in [6.07, 6.45) is 3.25. The number of nitrogens with one attached hydrogen (secondary N) is 1. The molecule has 1 aliphatic rings. The van der Waals surface area contributed by atoms with E-state index in [9.17, 15) is 4.79 Å². The molecule has 2 rings (SSSR count). The van der Waals surface area contributed by atoms with Crippen LogP contribution in [0, 0.1) is 13.8 Å². The van der Waals surface area contributed by atoms with Gasteiger partial charge in [-0.3, -0.25) is 9.69 Å². The number of carbonyl (C=O) groups excluding carboxylic acids is 1. The summed E-state index contributed by atoms with van der Waals surface area (Å²) in [7, 11) is 0. The zero-order chi connectivity index (χ0) is 14.7. The number of halogens is 1. The Kier molecular flexibility index (Phi) is 6.91. The maximum absolute atomic E-state index is 12.6. The third kappa shape index (κ3) is 4.56. The largest absolute Gasteiger partial charge is 0.323 e. The van der Waals surface area contributed by atoms with Gasteiger partial charge in [0.1, 0.15) is 0 Å². The number of aryl methyl sites for hydroxylation is 2. The van der Waals surface area contributed by atoms with Crippen LogP contribution in [0.5, 0.6) is 0 Å². The average molecular weight is 329 g/mol. The number of thiophene rings is 1. The van der Waals surface area contributed by atoms with Gasteiger partial charge in [-0.1, -0.05) is 18.6 Å². The summed E-state index contributed by atoms with van der Waals surface area (Å²) in [4.78, 5) is 16.0. The van der Waals surface area contributed by atoms with Gasteiger partial charge >= 0.3 is 0 Å². The minimum Gasteiger partial charge on any atom is -0.323 e. The molecule has 1 aliphatic heterocycles. The predicted molar refractivity (Wildman–Crippen MR) is 93.7 cm³/mol. The molecule has 0 aromatic carbocycles. The van der Waals surface area contributed by atoms with E-state index >= 15 is 0 Å². The number of amides is 1. The molecule has 1 amide bonds. The van der Waals surface area contributed by atoms with Crippen LogP contribution in [0.25, 0.3) is 0 Å². The Hall–Kier alpha value is -0.840. The SMILES string of the molecule is C=C(C)CN1CCCC[C@H]1C(=O)Nc1c(C)csc1C.Cl. The van der Waals surface area contributed by atoms with Gasteiger partial charge < -0.3 is 5.32 Å². The van der Waals surface area contributed by atoms with Crippen molar-refractivity contribution in [2.75, 3.05) is 18.4 Å². The van der Waals surface area contributed by atoms with Gasteiger partial charge in [-0.05, 0) is 51.1 Å². The number of anilines is 1. The molecule has 0 radical (unpaired) electrons. The van der Waals surface area contributed by atoms with Crippen molar-refractivity contribution in [1.82, 2.24) is 4.90 Å². The lowest BCUT2D eigenvalue weighted by Crippen LogP contribution is -2.47. The van der Waals surface area contributed by atoms with E-state index < -0.39 is 0 Å². The summed E-state index contributed by atoms with van der Waals surface area (Å²) in [6.45, 7) is 11.9. The second-order valence-electron chi connectivity index (χ2n) is 5.78. The number of hydrogen-bond acceptors (Lipinski definition) is 3. The maximum Gasteiger partial charge on any atom is 0.241 e. The highest BCUT2D eigenvalue weighted by Gasteiger charge is 2.29. The van der Waals surface area contributed by atoms with Crippen LogP contribution in [0.4, 0.5) is 5.69 Å². The van der Waals surface area contributed by atoms with E-state index in [0.29, 0.717) is 0 Å². The van der Waals surface area contributed by atoms with Crippen molar-refractivity contribution in [2.45, 2.75) is 46.1 Å². The Bertz CT molecular complexity index is 493. The van der Waals surface area contributed by atoms with Crippen LogP contribution in [-0.4, -0.2) is 29.9 Å². The Morgan fingerprint density at radius 2 is 2.19 bits per heavy atom. The Labute approximate surface area is 137 Å². The van der Waals surface area contributed by atoms with Crippen molar-refractivity contribution < 1.29 is 4.79 Å². The predicted octanol–water partition coefficient (Wildman–Crippen LogP) is 4.16. The van der Waals surface area contributed by atoms with Crippen molar-refractivity contribution in [2.24, 2.45) is 0 Å². The second-order valence-corrected chi connectivity index (χ2v) is 6.86. The number of carbonyl (C=O) groups is 1. The fraction of sp³-hybridized carbons (Fsp3) is 0.562. The Morgan fingerprint density at radius 3 is 2.76 bits per heavy atom. The molecule has 0 saturated carbocycles. The molecule has 0 unspecified atom stereocenters. The summed E-state index contributed by atoms with van der Waals surface area (Å²) in [6, 6.07) is -0.0147. The summed E-state index contributed by atoms with van der Waals surface area (Å²) >= 11 is 1.69. The van der Waals surface area contributed by atoms with Gasteiger partial charge in [0.05, 0.1) is 11.7 Å². The standard InChI is InChI=1S/C16H24N2OS.ClH/c1-11(2)9-18-8-6-5-7-14(18)16(19)17-15-12(3)10-20-13(15)4;/h10,14H,1,5-9H2,2-4H3,(H,17,19);1H/t14-;/m0./s1. The van der Waals surface area contributed by atoms with Crippen LogP contribution in [0.1, 0.15) is 36.6 Å². The molecule has 1 N–H and O–H groups in total. The lowest BCUT2D eigenvalue weighted by molar-refractivity contribution is -0.122. The number of hydrogen-bond donors (Lipinski definition) is 1. The quantitative estimate of drug-likeness (QED) is 0.842. The van der Waals surface area contributed by atoms with Crippen LogP contribution < -0.4 is 5.32 Å². The first-order valence-electron chi connectivity index (χ1n) is 7.23. The fourth-order valence-corrected chi connectivity index (χ4v) is 3.59. The monoisotopic (exact) mass is 328 g/mol. The smallest absolute Gasteiger partial charge is 0.241 e. The molecule has 118 valence electrons. The summed E-state index contributed by atoms with van der Waals surface area (Å²) < 4.78 is 0. The molecule has 1 saturated heterocycles. The van der Waals surface area contributed by atoms with Crippen molar-refractivity contribution in [3.63, 3.8) is 0 Å². The first-order chi connectivity index (χ1) is 9.49. The van der Waals surface area contributed by atoms with Crippen molar-refractivity contribution >= 4 is 35.3 Å². The van der Waals surface area contributed by atoms with Crippen molar-refractivity contribution in [1.29, 1.82) is 0 Å². The number of nitrogens with zero attached hydrogens (tertiary/aromatic N) is 1. The Balaban J connectivity index is 0.00000220. The fourth-order valence-electron chi connectivity index (χ4n) is 2.79. The molecule has 1 aromatic rings. The molecule has 0 aliphatic carbocycles. The van der Waals surface area contributed by atoms with Gasteiger partial charge in [0, 0.05) is 11.4 Å². The van der Waals surface area contributed by atoms with Gasteiger partial charge in [0.15, 0.2) is 0 Å². The van der Waals surface area contributed by atoms with Crippen LogP contribution in [0.15, 0.2) is 17.5 Å². The number of likely N-dealkylation sites (tertiary alicyclic amines) is 1. The molecule has 0 bridgehead atoms. The van der Waals surface area contributed by atoms with Gasteiger partial charge in [-0.15, -0.1) is 23.7 Å². The van der Waals surface area contributed by atoms with Gasteiger partial charge in [-0.25, -0.2) is 0 Å². The molecule has 0 spiro atoms. The summed E-state index contributed by atoms with van der Waals surface area (Å²) in [5.74, 6) is 0.135. The first kappa shape index (κ1) is 18.2. The second kappa shape index (κ2) is 7.97. The van der Waals surface area contributed by atoms with E-state index in [0.717, 1.165) is 42.8 Å². The molecular weight excluding hydrogens is 304 g/mol. The lowest BCUT2D eigenvalue weighted by Gasteiger charge is -2.34. The average Bonchev–Trinajstić information content (AvgIpc) is 2.70. The van der Waals surface area contributed by atoms with Gasteiger partial charge in [0.2, 0.25) is 5.91 Å². The highest BCUT2D eigenvalue weighted by Crippen LogP contribution is 2.27. The Morgan fingerprint density at radius 1 is 1.48 bits per heavy atom. The molecule has 2 heterocycles. The number of piperidine rings is 1. The van der Waals surface area contributed by atoms with E-state index in [-0.39, 0.29) is 24.4 Å². The van der Waals surface area contributed by atoms with E-state index in [1.165, 1.54) is 11.3 Å². The summed E-state index contributed by atoms with van der Waals surface area (Å²) in [5, 5.41) is 5.23. The third-order valence-corrected chi connectivity index (χ3v) is 4.83. The first-order valence-corrected chi connectivity index (χ1v) is 8.11. The molecule has 1 fully saturated rings. The zero-order valence-electron chi connectivity index (χ0n) is 13.1.